The Morgan fingerprint density at radius 1 is 1.17 bits per heavy atom. The first kappa shape index (κ1) is 22.6. The summed E-state index contributed by atoms with van der Waals surface area (Å²) < 4.78 is 7.34. The summed E-state index contributed by atoms with van der Waals surface area (Å²) in [6.07, 6.45) is 5.16. The summed E-state index contributed by atoms with van der Waals surface area (Å²) in [6, 6.07) is 3.38. The maximum absolute atomic E-state index is 13.2. The maximum atomic E-state index is 13.2. The summed E-state index contributed by atoms with van der Waals surface area (Å²) >= 11 is 1.33. The van der Waals surface area contributed by atoms with E-state index >= 15 is 0 Å². The third-order valence-corrected chi connectivity index (χ3v) is 7.14. The number of hydrogen-bond donors (Lipinski definition) is 3. The molecule has 4 amide bonds. The average molecular weight is 509 g/mol. The predicted octanol–water partition coefficient (Wildman–Crippen LogP) is 1.86. The molecule has 3 fully saturated rings. The van der Waals surface area contributed by atoms with E-state index in [1.807, 2.05) is 24.8 Å². The van der Waals surface area contributed by atoms with Crippen LogP contribution >= 0.6 is 11.3 Å². The van der Waals surface area contributed by atoms with Gasteiger partial charge in [-0.2, -0.15) is 14.6 Å². The molecule has 0 aromatic carbocycles. The van der Waals surface area contributed by atoms with Gasteiger partial charge in [-0.25, -0.2) is 9.78 Å². The molecule has 0 bridgehead atoms. The smallest absolute Gasteiger partial charge is 0.326 e. The number of carbonyl (C=O) groups is 3. The van der Waals surface area contributed by atoms with Gasteiger partial charge in [0.1, 0.15) is 5.70 Å². The number of ether oxygens (including phenoxy) is 1. The first-order valence-electron chi connectivity index (χ1n) is 11.8. The van der Waals surface area contributed by atoms with E-state index in [9.17, 15) is 14.4 Å². The number of rotatable bonds is 5. The lowest BCUT2D eigenvalue weighted by atomic mass is 10.2. The quantitative estimate of drug-likeness (QED) is 0.350. The highest BCUT2D eigenvalue weighted by atomic mass is 32.1. The van der Waals surface area contributed by atoms with Crippen molar-refractivity contribution in [1.82, 2.24) is 35.1 Å². The molecule has 2 atom stereocenters. The Hall–Kier alpha value is -3.84. The second-order valence-corrected chi connectivity index (χ2v) is 10.3. The van der Waals surface area contributed by atoms with Gasteiger partial charge in [0.15, 0.2) is 11.5 Å². The average Bonchev–Trinajstić information content (AvgIpc) is 3.22. The minimum atomic E-state index is -0.575. The Kier molecular flexibility index (Phi) is 5.45. The van der Waals surface area contributed by atoms with Crippen LogP contribution < -0.4 is 16.0 Å². The van der Waals surface area contributed by atoms with Gasteiger partial charge in [-0.15, -0.1) is 11.3 Å². The lowest BCUT2D eigenvalue weighted by molar-refractivity contribution is -0.115. The van der Waals surface area contributed by atoms with Crippen molar-refractivity contribution >= 4 is 46.9 Å². The van der Waals surface area contributed by atoms with Crippen LogP contribution in [0.25, 0.3) is 22.4 Å². The Bertz CT molecular complexity index is 1410. The van der Waals surface area contributed by atoms with E-state index in [1.54, 1.807) is 16.8 Å². The van der Waals surface area contributed by atoms with E-state index in [2.05, 4.69) is 21.0 Å². The summed E-state index contributed by atoms with van der Waals surface area (Å²) in [4.78, 5) is 49.3. The monoisotopic (exact) mass is 508 g/mol. The summed E-state index contributed by atoms with van der Waals surface area (Å²) in [6.45, 7) is 5.03. The minimum Gasteiger partial charge on any atom is -0.372 e. The minimum absolute atomic E-state index is 0.0138. The number of amides is 4. The molecule has 2 unspecified atom stereocenters. The normalized spacial score (nSPS) is 23.3. The van der Waals surface area contributed by atoms with E-state index in [4.69, 9.17) is 14.7 Å². The number of morpholine rings is 1. The van der Waals surface area contributed by atoms with Crippen molar-refractivity contribution in [2.45, 2.75) is 44.9 Å². The second-order valence-electron chi connectivity index (χ2n) is 9.22. The Balaban J connectivity index is 1.36. The maximum Gasteiger partial charge on any atom is 0.326 e. The fraction of sp³-hybridized carbons (Fsp3) is 0.391. The Morgan fingerprint density at radius 3 is 2.64 bits per heavy atom. The van der Waals surface area contributed by atoms with Gasteiger partial charge in [0, 0.05) is 24.7 Å². The van der Waals surface area contributed by atoms with Crippen LogP contribution in [0.1, 0.15) is 41.9 Å². The predicted molar refractivity (Wildman–Crippen MR) is 131 cm³/mol. The number of carbonyl (C=O) groups excluding carboxylic acids is 3. The molecule has 12 nitrogen and oxygen atoms in total. The number of thiophene rings is 1. The van der Waals surface area contributed by atoms with Gasteiger partial charge in [0.25, 0.3) is 11.8 Å². The van der Waals surface area contributed by atoms with Crippen molar-refractivity contribution in [2.75, 3.05) is 18.4 Å². The summed E-state index contributed by atoms with van der Waals surface area (Å²) in [5.41, 5.74) is 1.14. The molecule has 5 heterocycles. The van der Waals surface area contributed by atoms with Gasteiger partial charge >= 0.3 is 6.03 Å². The number of aromatic nitrogens is 4. The summed E-state index contributed by atoms with van der Waals surface area (Å²) in [5, 5.41) is 12.4. The number of urea groups is 1. The van der Waals surface area contributed by atoms with Crippen LogP contribution in [-0.4, -0.2) is 73.7 Å². The molecule has 3 N–H and O–H groups in total. The van der Waals surface area contributed by atoms with Crippen molar-refractivity contribution in [3.8, 4) is 10.7 Å². The first-order valence-corrected chi connectivity index (χ1v) is 12.6. The number of anilines is 1. The summed E-state index contributed by atoms with van der Waals surface area (Å²) in [5.74, 6) is 0.416. The number of nitrogens with one attached hydrogen (secondary N) is 3. The van der Waals surface area contributed by atoms with Crippen molar-refractivity contribution < 1.29 is 19.1 Å². The van der Waals surface area contributed by atoms with E-state index in [0.29, 0.717) is 47.0 Å². The molecule has 1 saturated carbocycles. The van der Waals surface area contributed by atoms with Crippen molar-refractivity contribution in [3.63, 3.8) is 0 Å². The summed E-state index contributed by atoms with van der Waals surface area (Å²) in [7, 11) is 0. The molecule has 2 saturated heterocycles. The molecular formula is C23H24N8O4S. The van der Waals surface area contributed by atoms with E-state index in [0.717, 1.165) is 17.7 Å². The molecule has 0 radical (unpaired) electrons. The van der Waals surface area contributed by atoms with E-state index < -0.39 is 11.9 Å². The second kappa shape index (κ2) is 8.68. The van der Waals surface area contributed by atoms with Crippen molar-refractivity contribution in [2.24, 2.45) is 0 Å². The number of hydrogen-bond acceptors (Lipinski definition) is 9. The van der Waals surface area contributed by atoms with Crippen LogP contribution in [0.15, 0.2) is 24.0 Å². The number of fused-ring (bicyclic) bond motifs is 1. The number of imide groups is 1. The molecule has 1 aliphatic carbocycles. The fourth-order valence-corrected chi connectivity index (χ4v) is 5.23. The highest BCUT2D eigenvalue weighted by Gasteiger charge is 2.29. The largest absolute Gasteiger partial charge is 0.372 e. The van der Waals surface area contributed by atoms with Crippen LogP contribution in [0.3, 0.4) is 0 Å². The molecular weight excluding hydrogens is 484 g/mol. The van der Waals surface area contributed by atoms with E-state index in [1.165, 1.54) is 17.4 Å². The molecule has 6 rings (SSSR count). The van der Waals surface area contributed by atoms with Crippen LogP contribution in [0, 0.1) is 0 Å². The van der Waals surface area contributed by atoms with Gasteiger partial charge in [0.2, 0.25) is 5.95 Å². The molecule has 3 aromatic heterocycles. The zero-order valence-electron chi connectivity index (χ0n) is 19.6. The topological polar surface area (TPSA) is 143 Å². The Labute approximate surface area is 209 Å². The standard InChI is InChI=1S/C23H24N8O4S/c1-11-9-30(10-12(2)35-11)21(33)17-6-5-16(36-17)18-27-19-13(7-15-20(32)29-23(34)26-15)8-24-31(19)22(28-18)25-14-3-4-14/h5-8,11-12,14H,3-4,9-10H2,1-2H3,(H,25,27,28)(H2,26,29,32,34)/b15-7-. The van der Waals surface area contributed by atoms with Gasteiger partial charge in [-0.3, -0.25) is 14.9 Å². The van der Waals surface area contributed by atoms with Gasteiger partial charge in [0.05, 0.1) is 28.2 Å². The molecule has 2 aliphatic heterocycles. The molecule has 0 spiro atoms. The van der Waals surface area contributed by atoms with Gasteiger partial charge < -0.3 is 20.3 Å². The van der Waals surface area contributed by atoms with Crippen molar-refractivity contribution in [1.29, 1.82) is 0 Å². The van der Waals surface area contributed by atoms with Crippen molar-refractivity contribution in [3.05, 3.63) is 34.5 Å². The van der Waals surface area contributed by atoms with Crippen LogP contribution in [-0.2, 0) is 9.53 Å². The highest BCUT2D eigenvalue weighted by Crippen LogP contribution is 2.31. The molecule has 36 heavy (non-hydrogen) atoms. The van der Waals surface area contributed by atoms with Gasteiger partial charge in [-0.05, 0) is 44.9 Å². The van der Waals surface area contributed by atoms with Crippen LogP contribution in [0.2, 0.25) is 0 Å². The Morgan fingerprint density at radius 2 is 1.94 bits per heavy atom. The van der Waals surface area contributed by atoms with Gasteiger partial charge in [-0.1, -0.05) is 0 Å². The molecule has 3 aliphatic rings. The van der Waals surface area contributed by atoms with E-state index in [-0.39, 0.29) is 23.8 Å². The van der Waals surface area contributed by atoms with Crippen LogP contribution in [0.4, 0.5) is 10.7 Å². The first-order chi connectivity index (χ1) is 17.3. The lowest BCUT2D eigenvalue weighted by Gasteiger charge is -2.35. The third-order valence-electron chi connectivity index (χ3n) is 6.07. The SMILES string of the molecule is CC1CN(C(=O)c2ccc(-c3nc(NC4CC4)n4ncc(/C=C5\NC(=O)NC5=O)c4n3)s2)CC(C)O1. The van der Waals surface area contributed by atoms with Crippen LogP contribution in [0.5, 0.6) is 0 Å². The number of nitrogens with zero attached hydrogens (tertiary/aromatic N) is 5. The third kappa shape index (κ3) is 4.31. The lowest BCUT2D eigenvalue weighted by Crippen LogP contribution is -2.48. The fourth-order valence-electron chi connectivity index (χ4n) is 4.32. The molecule has 186 valence electrons. The molecule has 13 heteroatoms. The molecule has 3 aromatic rings. The highest BCUT2D eigenvalue weighted by molar-refractivity contribution is 7.17. The zero-order chi connectivity index (χ0) is 25.0. The zero-order valence-corrected chi connectivity index (χ0v) is 20.5.